The molecule has 0 atom stereocenters. The largest absolute Gasteiger partial charge is 0.295 e. The van der Waals surface area contributed by atoms with Gasteiger partial charge in [-0.05, 0) is 29.8 Å². The fraction of sp³-hybridized carbons (Fsp3) is 0.190. The van der Waals surface area contributed by atoms with Crippen LogP contribution in [0, 0.1) is 0 Å². The highest BCUT2D eigenvalue weighted by Gasteiger charge is 2.25. The van der Waals surface area contributed by atoms with Crippen LogP contribution in [0.25, 0.3) is 12.2 Å². The maximum atomic E-state index is 12.8. The second-order valence-corrected chi connectivity index (χ2v) is 5.79. The van der Waals surface area contributed by atoms with Crippen LogP contribution < -0.4 is 0 Å². The molecule has 0 spiro atoms. The van der Waals surface area contributed by atoms with E-state index in [4.69, 9.17) is 0 Å². The smallest absolute Gasteiger partial charge is 0.187 e. The van der Waals surface area contributed by atoms with Gasteiger partial charge in [-0.1, -0.05) is 67.6 Å². The van der Waals surface area contributed by atoms with Crippen LogP contribution >= 0.6 is 0 Å². The molecule has 2 aromatic carbocycles. The quantitative estimate of drug-likeness (QED) is 0.797. The van der Waals surface area contributed by atoms with E-state index in [9.17, 15) is 4.79 Å². The predicted molar refractivity (Wildman–Crippen MR) is 96.0 cm³/mol. The molecule has 0 aromatic heterocycles. The van der Waals surface area contributed by atoms with Crippen LogP contribution in [0.5, 0.6) is 0 Å². The number of benzene rings is 2. The molecule has 0 aliphatic carbocycles. The maximum absolute atomic E-state index is 12.8. The maximum Gasteiger partial charge on any atom is 0.187 e. The Kier molecular flexibility index (Phi) is 4.84. The molecule has 3 rings (SSSR count). The monoisotopic (exact) mass is 303 g/mol. The molecule has 0 radical (unpaired) electrons. The Balaban J connectivity index is 1.94. The van der Waals surface area contributed by atoms with E-state index in [0.29, 0.717) is 0 Å². The van der Waals surface area contributed by atoms with E-state index in [0.717, 1.165) is 41.9 Å². The number of nitrogens with zero attached hydrogens (tertiary/aromatic N) is 1. The summed E-state index contributed by atoms with van der Waals surface area (Å²) in [5.74, 6) is 0.169. The molecule has 116 valence electrons. The number of carbonyl (C=O) groups is 1. The number of hydrogen-bond acceptors (Lipinski definition) is 2. The summed E-state index contributed by atoms with van der Waals surface area (Å²) in [6, 6.07) is 20.1. The molecule has 1 saturated heterocycles. The summed E-state index contributed by atoms with van der Waals surface area (Å²) in [7, 11) is 0. The van der Waals surface area contributed by atoms with Crippen molar-refractivity contribution < 1.29 is 4.79 Å². The molecule has 2 heteroatoms. The van der Waals surface area contributed by atoms with E-state index >= 15 is 0 Å². The standard InChI is InChI=1S/C21H21NO/c1-2-22-15-19(13-17-9-5-3-6-10-17)21(23)20(16-22)14-18-11-7-4-8-12-18/h3-14H,2,15-16H2,1H3. The van der Waals surface area contributed by atoms with Crippen molar-refractivity contribution in [1.29, 1.82) is 0 Å². The van der Waals surface area contributed by atoms with Gasteiger partial charge in [-0.15, -0.1) is 0 Å². The fourth-order valence-electron chi connectivity index (χ4n) is 2.83. The lowest BCUT2D eigenvalue weighted by Gasteiger charge is -2.28. The van der Waals surface area contributed by atoms with Gasteiger partial charge in [-0.3, -0.25) is 9.69 Å². The summed E-state index contributed by atoms with van der Waals surface area (Å²) < 4.78 is 0. The van der Waals surface area contributed by atoms with Crippen molar-refractivity contribution in [1.82, 2.24) is 4.90 Å². The van der Waals surface area contributed by atoms with Crippen LogP contribution in [0.15, 0.2) is 71.8 Å². The molecular weight excluding hydrogens is 282 g/mol. The first-order chi connectivity index (χ1) is 11.3. The Morgan fingerprint density at radius 1 is 0.826 bits per heavy atom. The van der Waals surface area contributed by atoms with Crippen molar-refractivity contribution in [2.75, 3.05) is 19.6 Å². The van der Waals surface area contributed by atoms with Gasteiger partial charge in [-0.2, -0.15) is 0 Å². The molecular formula is C21H21NO. The number of ketones is 1. The van der Waals surface area contributed by atoms with Gasteiger partial charge in [0.05, 0.1) is 0 Å². The van der Waals surface area contributed by atoms with Gasteiger partial charge in [0.15, 0.2) is 5.78 Å². The minimum atomic E-state index is 0.169. The summed E-state index contributed by atoms with van der Waals surface area (Å²) in [6.07, 6.45) is 4.03. The van der Waals surface area contributed by atoms with Gasteiger partial charge in [0.1, 0.15) is 0 Å². The first-order valence-corrected chi connectivity index (χ1v) is 8.04. The first-order valence-electron chi connectivity index (χ1n) is 8.04. The number of piperidine rings is 1. The molecule has 1 fully saturated rings. The van der Waals surface area contributed by atoms with Gasteiger partial charge in [0.2, 0.25) is 0 Å². The first kappa shape index (κ1) is 15.4. The molecule has 1 aliphatic rings. The zero-order chi connectivity index (χ0) is 16.1. The van der Waals surface area contributed by atoms with Crippen molar-refractivity contribution >= 4 is 17.9 Å². The average molecular weight is 303 g/mol. The van der Waals surface area contributed by atoms with Gasteiger partial charge in [0, 0.05) is 24.2 Å². The molecule has 2 nitrogen and oxygen atoms in total. The number of hydrogen-bond donors (Lipinski definition) is 0. The van der Waals surface area contributed by atoms with Crippen LogP contribution in [0.2, 0.25) is 0 Å². The molecule has 1 aliphatic heterocycles. The lowest BCUT2D eigenvalue weighted by Crippen LogP contribution is -2.37. The van der Waals surface area contributed by atoms with E-state index in [1.807, 2.05) is 72.8 Å². The lowest BCUT2D eigenvalue weighted by atomic mass is 9.94. The van der Waals surface area contributed by atoms with Crippen molar-refractivity contribution in [3.8, 4) is 0 Å². The third-order valence-electron chi connectivity index (χ3n) is 4.10. The zero-order valence-electron chi connectivity index (χ0n) is 13.4. The van der Waals surface area contributed by atoms with E-state index < -0.39 is 0 Å². The van der Waals surface area contributed by atoms with Crippen molar-refractivity contribution in [2.24, 2.45) is 0 Å². The minimum absolute atomic E-state index is 0.169. The van der Waals surface area contributed by atoms with Crippen LogP contribution in [-0.2, 0) is 4.79 Å². The normalized spacial score (nSPS) is 19.4. The van der Waals surface area contributed by atoms with Crippen molar-refractivity contribution in [3.05, 3.63) is 82.9 Å². The molecule has 0 unspecified atom stereocenters. The number of carbonyl (C=O) groups excluding carboxylic acids is 1. The molecule has 2 aromatic rings. The number of rotatable bonds is 3. The van der Waals surface area contributed by atoms with Crippen molar-refractivity contribution in [3.63, 3.8) is 0 Å². The van der Waals surface area contributed by atoms with Crippen LogP contribution in [0.1, 0.15) is 18.1 Å². The summed E-state index contributed by atoms with van der Waals surface area (Å²) >= 11 is 0. The highest BCUT2D eigenvalue weighted by Crippen LogP contribution is 2.21. The van der Waals surface area contributed by atoms with Crippen LogP contribution in [-0.4, -0.2) is 30.3 Å². The fourth-order valence-corrected chi connectivity index (χ4v) is 2.83. The third kappa shape index (κ3) is 3.85. The number of likely N-dealkylation sites (tertiary alicyclic amines) is 1. The van der Waals surface area contributed by atoms with Gasteiger partial charge < -0.3 is 0 Å². The Bertz CT molecular complexity index is 667. The van der Waals surface area contributed by atoms with Gasteiger partial charge in [-0.25, -0.2) is 0 Å². The molecule has 0 N–H and O–H groups in total. The van der Waals surface area contributed by atoms with Crippen LogP contribution in [0.3, 0.4) is 0 Å². The predicted octanol–water partition coefficient (Wildman–Crippen LogP) is 4.06. The molecule has 0 amide bonds. The second kappa shape index (κ2) is 7.21. The number of likely N-dealkylation sites (N-methyl/N-ethyl adjacent to an activating group) is 1. The highest BCUT2D eigenvalue weighted by atomic mass is 16.1. The molecule has 0 bridgehead atoms. The van der Waals surface area contributed by atoms with Gasteiger partial charge in [0.25, 0.3) is 0 Å². The summed E-state index contributed by atoms with van der Waals surface area (Å²) in [4.78, 5) is 15.1. The van der Waals surface area contributed by atoms with Crippen LogP contribution in [0.4, 0.5) is 0 Å². The summed E-state index contributed by atoms with van der Waals surface area (Å²) in [5, 5.41) is 0. The Morgan fingerprint density at radius 3 is 1.65 bits per heavy atom. The topological polar surface area (TPSA) is 20.3 Å². The SMILES string of the molecule is CCN1CC(=Cc2ccccc2)C(=O)C(=Cc2ccccc2)C1. The van der Waals surface area contributed by atoms with Crippen molar-refractivity contribution in [2.45, 2.75) is 6.92 Å². The van der Waals surface area contributed by atoms with Gasteiger partial charge >= 0.3 is 0 Å². The molecule has 23 heavy (non-hydrogen) atoms. The minimum Gasteiger partial charge on any atom is -0.295 e. The Morgan fingerprint density at radius 2 is 1.26 bits per heavy atom. The third-order valence-corrected chi connectivity index (χ3v) is 4.10. The number of Topliss-reactive ketones (excluding diaryl/α,β-unsaturated/α-hetero) is 1. The lowest BCUT2D eigenvalue weighted by molar-refractivity contribution is -0.113. The van der Waals surface area contributed by atoms with E-state index in [1.165, 1.54) is 0 Å². The van der Waals surface area contributed by atoms with E-state index in [1.54, 1.807) is 0 Å². The summed E-state index contributed by atoms with van der Waals surface area (Å²) in [6.45, 7) is 4.51. The van der Waals surface area contributed by atoms with E-state index in [2.05, 4.69) is 11.8 Å². The molecule has 1 heterocycles. The van der Waals surface area contributed by atoms with E-state index in [-0.39, 0.29) is 5.78 Å². The Hall–Kier alpha value is -2.45. The average Bonchev–Trinajstić information content (AvgIpc) is 2.60. The zero-order valence-corrected chi connectivity index (χ0v) is 13.4. The Labute approximate surface area is 137 Å². The summed E-state index contributed by atoms with van der Waals surface area (Å²) in [5.41, 5.74) is 3.89. The molecule has 0 saturated carbocycles. The highest BCUT2D eigenvalue weighted by molar-refractivity contribution is 6.14. The second-order valence-electron chi connectivity index (χ2n) is 5.79.